The van der Waals surface area contributed by atoms with Gasteiger partial charge in [-0.05, 0) is 57.2 Å². The fraction of sp³-hybridized carbons (Fsp3) is 1.00. The van der Waals surface area contributed by atoms with Crippen molar-refractivity contribution < 1.29 is 0 Å². The van der Waals surface area contributed by atoms with E-state index in [0.29, 0.717) is 10.8 Å². The summed E-state index contributed by atoms with van der Waals surface area (Å²) in [7, 11) is 2.07. The maximum Gasteiger partial charge on any atom is 0.0209 e. The van der Waals surface area contributed by atoms with Crippen LogP contribution < -0.4 is 0 Å². The summed E-state index contributed by atoms with van der Waals surface area (Å²) in [5, 5.41) is 0.923. The SMILES string of the molecule is CC1(C)C2CCC1(C)C(SI)C2. The molecule has 3 atom stereocenters. The molecule has 70 valence electrons. The van der Waals surface area contributed by atoms with Gasteiger partial charge in [0.1, 0.15) is 0 Å². The summed E-state index contributed by atoms with van der Waals surface area (Å²) in [6.45, 7) is 7.48. The minimum atomic E-state index is 0.607. The highest BCUT2D eigenvalue weighted by Crippen LogP contribution is 2.68. The number of hydrogen-bond acceptors (Lipinski definition) is 1. The highest BCUT2D eigenvalue weighted by atomic mass is 127. The van der Waals surface area contributed by atoms with Gasteiger partial charge in [0.25, 0.3) is 0 Å². The zero-order valence-corrected chi connectivity index (χ0v) is 11.0. The lowest BCUT2D eigenvalue weighted by atomic mass is 9.71. The molecule has 12 heavy (non-hydrogen) atoms. The van der Waals surface area contributed by atoms with Crippen LogP contribution >= 0.6 is 30.1 Å². The van der Waals surface area contributed by atoms with Gasteiger partial charge in [-0.1, -0.05) is 29.7 Å². The molecule has 0 heterocycles. The maximum atomic E-state index is 2.51. The van der Waals surface area contributed by atoms with Gasteiger partial charge in [-0.3, -0.25) is 0 Å². The van der Waals surface area contributed by atoms with Crippen molar-refractivity contribution in [3.8, 4) is 0 Å². The van der Waals surface area contributed by atoms with Crippen LogP contribution in [0.25, 0.3) is 0 Å². The maximum absolute atomic E-state index is 2.51. The molecule has 0 aromatic carbocycles. The zero-order chi connectivity index (χ0) is 8.98. The van der Waals surface area contributed by atoms with Crippen LogP contribution in [0.4, 0.5) is 0 Å². The molecular formula is C10H17IS. The fourth-order valence-electron chi connectivity index (χ4n) is 3.26. The molecule has 0 aromatic heterocycles. The van der Waals surface area contributed by atoms with Crippen LogP contribution in [-0.2, 0) is 0 Å². The molecule has 2 aliphatic carbocycles. The minimum absolute atomic E-state index is 0.607. The lowest BCUT2D eigenvalue weighted by Crippen LogP contribution is -2.33. The normalized spacial score (nSPS) is 50.0. The third-order valence-electron chi connectivity index (χ3n) is 4.82. The van der Waals surface area contributed by atoms with E-state index in [-0.39, 0.29) is 0 Å². The van der Waals surface area contributed by atoms with E-state index >= 15 is 0 Å². The van der Waals surface area contributed by atoms with Crippen LogP contribution in [0.5, 0.6) is 0 Å². The first-order valence-corrected chi connectivity index (χ1v) is 8.22. The van der Waals surface area contributed by atoms with Gasteiger partial charge in [0.05, 0.1) is 0 Å². The van der Waals surface area contributed by atoms with Crippen molar-refractivity contribution in [2.45, 2.75) is 45.3 Å². The van der Waals surface area contributed by atoms with Gasteiger partial charge < -0.3 is 0 Å². The molecule has 0 saturated heterocycles. The molecule has 0 radical (unpaired) electrons. The van der Waals surface area contributed by atoms with E-state index in [1.807, 2.05) is 0 Å². The molecule has 0 amide bonds. The molecule has 2 fully saturated rings. The number of hydrogen-bond donors (Lipinski definition) is 0. The summed E-state index contributed by atoms with van der Waals surface area (Å²) in [6, 6.07) is 0. The summed E-state index contributed by atoms with van der Waals surface area (Å²) in [5.74, 6) is 1.01. The number of halogens is 1. The second-order valence-corrected chi connectivity index (χ2v) is 7.46. The summed E-state index contributed by atoms with van der Waals surface area (Å²) in [5.41, 5.74) is 1.24. The second kappa shape index (κ2) is 2.78. The van der Waals surface area contributed by atoms with Gasteiger partial charge in [-0.15, -0.1) is 0 Å². The molecule has 2 saturated carbocycles. The average molecular weight is 296 g/mol. The van der Waals surface area contributed by atoms with Crippen LogP contribution in [0.15, 0.2) is 0 Å². The summed E-state index contributed by atoms with van der Waals surface area (Å²) < 4.78 is 0. The predicted molar refractivity (Wildman–Crippen MR) is 64.6 cm³/mol. The third kappa shape index (κ3) is 0.969. The van der Waals surface area contributed by atoms with Crippen LogP contribution in [-0.4, -0.2) is 5.25 Å². The van der Waals surface area contributed by atoms with Gasteiger partial charge in [0.15, 0.2) is 0 Å². The molecule has 2 aliphatic rings. The van der Waals surface area contributed by atoms with Crippen molar-refractivity contribution in [3.05, 3.63) is 0 Å². The van der Waals surface area contributed by atoms with Crippen molar-refractivity contribution in [2.75, 3.05) is 0 Å². The van der Waals surface area contributed by atoms with E-state index in [0.717, 1.165) is 11.2 Å². The minimum Gasteiger partial charge on any atom is -0.0853 e. The van der Waals surface area contributed by atoms with E-state index in [4.69, 9.17) is 0 Å². The average Bonchev–Trinajstić information content (AvgIpc) is 2.34. The summed E-state index contributed by atoms with van der Waals surface area (Å²) >= 11 is 2.49. The lowest BCUT2D eigenvalue weighted by molar-refractivity contribution is 0.157. The van der Waals surface area contributed by atoms with Crippen molar-refractivity contribution in [3.63, 3.8) is 0 Å². The third-order valence-corrected chi connectivity index (χ3v) is 7.59. The molecule has 0 nitrogen and oxygen atoms in total. The number of rotatable bonds is 1. The first kappa shape index (κ1) is 9.63. The summed E-state index contributed by atoms with van der Waals surface area (Å²) in [6.07, 6.45) is 4.42. The first-order chi connectivity index (χ1) is 5.52. The van der Waals surface area contributed by atoms with Gasteiger partial charge in [0, 0.05) is 5.25 Å². The fourth-order valence-corrected chi connectivity index (χ4v) is 6.49. The molecule has 0 aromatic rings. The Balaban J connectivity index is 2.33. The molecule has 0 spiro atoms. The largest absolute Gasteiger partial charge is 0.0853 e. The standard InChI is InChI=1S/C10H17IS/c1-9(2)7-4-5-10(9,3)8(6-7)12-11/h7-8H,4-6H2,1-3H3. The Kier molecular flexibility index (Phi) is 2.23. The Morgan fingerprint density at radius 1 is 1.33 bits per heavy atom. The van der Waals surface area contributed by atoms with Crippen LogP contribution in [0.2, 0.25) is 0 Å². The van der Waals surface area contributed by atoms with Crippen molar-refractivity contribution >= 4 is 30.1 Å². The Hall–Kier alpha value is 1.08. The van der Waals surface area contributed by atoms with Crippen molar-refractivity contribution in [2.24, 2.45) is 16.7 Å². The van der Waals surface area contributed by atoms with E-state index in [1.165, 1.54) is 19.3 Å². The second-order valence-electron chi connectivity index (χ2n) is 5.19. The van der Waals surface area contributed by atoms with E-state index < -0.39 is 0 Å². The molecule has 2 rings (SSSR count). The Bertz CT molecular complexity index is 202. The highest BCUT2D eigenvalue weighted by molar-refractivity contribution is 14.2. The van der Waals surface area contributed by atoms with Gasteiger partial charge in [0.2, 0.25) is 0 Å². The van der Waals surface area contributed by atoms with Crippen LogP contribution in [0.3, 0.4) is 0 Å². The highest BCUT2D eigenvalue weighted by Gasteiger charge is 2.61. The molecule has 2 bridgehead atoms. The van der Waals surface area contributed by atoms with Crippen LogP contribution in [0, 0.1) is 16.7 Å². The smallest absolute Gasteiger partial charge is 0.0209 e. The van der Waals surface area contributed by atoms with Gasteiger partial charge >= 0.3 is 0 Å². The Labute approximate surface area is 91.8 Å². The molecular weight excluding hydrogens is 279 g/mol. The Morgan fingerprint density at radius 2 is 2.00 bits per heavy atom. The van der Waals surface area contributed by atoms with Gasteiger partial charge in [-0.2, -0.15) is 0 Å². The number of fused-ring (bicyclic) bond motifs is 2. The lowest BCUT2D eigenvalue weighted by Gasteiger charge is -2.38. The molecule has 0 N–H and O–H groups in total. The van der Waals surface area contributed by atoms with Crippen LogP contribution in [0.1, 0.15) is 40.0 Å². The zero-order valence-electron chi connectivity index (χ0n) is 8.06. The van der Waals surface area contributed by atoms with E-state index in [1.54, 1.807) is 0 Å². The van der Waals surface area contributed by atoms with Gasteiger partial charge in [-0.25, -0.2) is 0 Å². The topological polar surface area (TPSA) is 0 Å². The Morgan fingerprint density at radius 3 is 2.25 bits per heavy atom. The molecule has 2 heteroatoms. The van der Waals surface area contributed by atoms with E-state index in [2.05, 4.69) is 50.9 Å². The predicted octanol–water partition coefficient (Wildman–Crippen LogP) is 4.28. The van der Waals surface area contributed by atoms with Crippen molar-refractivity contribution in [1.29, 1.82) is 0 Å². The van der Waals surface area contributed by atoms with Crippen molar-refractivity contribution in [1.82, 2.24) is 0 Å². The first-order valence-electron chi connectivity index (χ1n) is 4.80. The monoisotopic (exact) mass is 296 g/mol. The summed E-state index contributed by atoms with van der Waals surface area (Å²) in [4.78, 5) is 0. The van der Waals surface area contributed by atoms with E-state index in [9.17, 15) is 0 Å². The quantitative estimate of drug-likeness (QED) is 0.651. The molecule has 0 aliphatic heterocycles. The molecule has 3 unspecified atom stereocenters.